The van der Waals surface area contributed by atoms with Crippen LogP contribution >= 0.6 is 0 Å². The van der Waals surface area contributed by atoms with Gasteiger partial charge in [-0.2, -0.15) is 0 Å². The van der Waals surface area contributed by atoms with Gasteiger partial charge in [-0.3, -0.25) is 31.2 Å². The summed E-state index contributed by atoms with van der Waals surface area (Å²) in [5.41, 5.74) is 24.5. The van der Waals surface area contributed by atoms with Crippen molar-refractivity contribution >= 4 is 35.2 Å². The number of benzene rings is 4. The van der Waals surface area contributed by atoms with Crippen molar-refractivity contribution in [3.05, 3.63) is 119 Å². The summed E-state index contributed by atoms with van der Waals surface area (Å²) in [7, 11) is 0. The Bertz CT molecular complexity index is 2140. The molecule has 18 nitrogen and oxygen atoms in total. The van der Waals surface area contributed by atoms with E-state index in [0.29, 0.717) is 87.0 Å². The average Bonchev–Trinajstić information content (AvgIpc) is 3.36. The Hall–Kier alpha value is -7.18. The predicted octanol–water partition coefficient (Wildman–Crippen LogP) is 5.18. The lowest BCUT2D eigenvalue weighted by molar-refractivity contribution is -0.156. The highest BCUT2D eigenvalue weighted by Gasteiger charge is 2.31. The van der Waals surface area contributed by atoms with E-state index in [1.165, 1.54) is 12.8 Å². The van der Waals surface area contributed by atoms with Crippen LogP contribution in [0.4, 0.5) is 0 Å². The summed E-state index contributed by atoms with van der Waals surface area (Å²) in [5.74, 6) is 2.37. The normalized spacial score (nSPS) is 12.2. The number of piperazine rings is 1. The summed E-state index contributed by atoms with van der Waals surface area (Å²) in [6, 6.07) is 28.7. The second-order valence-corrected chi connectivity index (χ2v) is 16.8. The first kappa shape index (κ1) is 55.4. The number of unbranched alkanes of at least 4 members (excludes halogenated alkanes) is 6. The molecule has 1 aliphatic rings. The molecule has 378 valence electrons. The zero-order valence-electron chi connectivity index (χ0n) is 40.4. The van der Waals surface area contributed by atoms with Crippen LogP contribution in [-0.2, 0) is 9.59 Å². The third kappa shape index (κ3) is 21.4. The molecule has 0 unspecified atom stereocenters. The minimum absolute atomic E-state index is 0.00822. The monoisotopic (exact) mass is 963 g/mol. The quantitative estimate of drug-likeness (QED) is 0.0128. The van der Waals surface area contributed by atoms with Gasteiger partial charge in [-0.25, -0.2) is 0 Å². The van der Waals surface area contributed by atoms with E-state index in [0.717, 1.165) is 88.4 Å². The molecule has 70 heavy (non-hydrogen) atoms. The van der Waals surface area contributed by atoms with Gasteiger partial charge in [0.2, 0.25) is 0 Å². The molecule has 1 aliphatic heterocycles. The Kier molecular flexibility index (Phi) is 25.2. The topological polar surface area (TPSA) is 301 Å². The van der Waals surface area contributed by atoms with Crippen LogP contribution in [0.5, 0.6) is 23.0 Å². The number of carbonyl (C=O) groups excluding carboxylic acids is 2. The van der Waals surface area contributed by atoms with Crippen molar-refractivity contribution in [1.29, 1.82) is 21.6 Å². The number of nitrogens with zero attached hydrogens (tertiary/aromatic N) is 2. The van der Waals surface area contributed by atoms with E-state index in [4.69, 9.17) is 63.5 Å². The smallest absolute Gasteiger partial charge is 0.312 e. The summed E-state index contributed by atoms with van der Waals surface area (Å²) in [6.45, 7) is 8.42. The number of nitrogens with two attached hydrogens (primary N) is 4. The van der Waals surface area contributed by atoms with Crippen LogP contribution in [0.25, 0.3) is 0 Å². The van der Waals surface area contributed by atoms with Gasteiger partial charge in [0.1, 0.15) is 46.3 Å². The zero-order valence-corrected chi connectivity index (χ0v) is 40.4. The van der Waals surface area contributed by atoms with Gasteiger partial charge in [-0.1, -0.05) is 25.7 Å². The lowest BCUT2D eigenvalue weighted by Gasteiger charge is -2.33. The van der Waals surface area contributed by atoms with Crippen molar-refractivity contribution in [3.63, 3.8) is 0 Å². The van der Waals surface area contributed by atoms with Gasteiger partial charge >= 0.3 is 11.8 Å². The Balaban J connectivity index is 0.000000307. The second-order valence-electron chi connectivity index (χ2n) is 16.8. The molecule has 0 bridgehead atoms. The second kappa shape index (κ2) is 31.8. The highest BCUT2D eigenvalue weighted by Crippen LogP contribution is 2.17. The summed E-state index contributed by atoms with van der Waals surface area (Å²) in [5, 5.41) is 36.5. The van der Waals surface area contributed by atoms with E-state index in [2.05, 4.69) is 10.6 Å². The van der Waals surface area contributed by atoms with Gasteiger partial charge in [0.05, 0.1) is 26.4 Å². The number of hydrogen-bond donors (Lipinski definition) is 10. The van der Waals surface area contributed by atoms with Crippen LogP contribution in [0.2, 0.25) is 0 Å². The van der Waals surface area contributed by atoms with Crippen LogP contribution in [0.1, 0.15) is 86.5 Å². The van der Waals surface area contributed by atoms with Crippen molar-refractivity contribution in [3.8, 4) is 23.0 Å². The fourth-order valence-electron chi connectivity index (χ4n) is 7.17. The van der Waals surface area contributed by atoms with Gasteiger partial charge in [-0.15, -0.1) is 0 Å². The molecule has 1 saturated heterocycles. The van der Waals surface area contributed by atoms with E-state index in [1.807, 2.05) is 36.4 Å². The number of amidine groups is 4. The Labute approximate surface area is 412 Å². The molecule has 0 aliphatic carbocycles. The van der Waals surface area contributed by atoms with E-state index in [9.17, 15) is 9.59 Å². The van der Waals surface area contributed by atoms with Crippen LogP contribution in [-0.4, -0.2) is 124 Å². The van der Waals surface area contributed by atoms with Crippen LogP contribution in [0.15, 0.2) is 97.1 Å². The Morgan fingerprint density at radius 3 is 1.03 bits per heavy atom. The Morgan fingerprint density at radius 2 is 0.671 bits per heavy atom. The van der Waals surface area contributed by atoms with Gasteiger partial charge in [0, 0.05) is 61.5 Å². The van der Waals surface area contributed by atoms with Crippen molar-refractivity contribution in [1.82, 2.24) is 20.4 Å². The van der Waals surface area contributed by atoms with E-state index in [-0.39, 0.29) is 23.3 Å². The van der Waals surface area contributed by atoms with Gasteiger partial charge in [0.25, 0.3) is 0 Å². The first-order valence-corrected chi connectivity index (χ1v) is 24.2. The molecule has 1 fully saturated rings. The van der Waals surface area contributed by atoms with Crippen molar-refractivity contribution in [2.45, 2.75) is 64.2 Å². The van der Waals surface area contributed by atoms with E-state index >= 15 is 0 Å². The minimum Gasteiger partial charge on any atom is -0.494 e. The molecular weight excluding hydrogens is 889 g/mol. The minimum atomic E-state index is -0.443. The lowest BCUT2D eigenvalue weighted by atomic mass is 10.1. The number of rotatable bonds is 33. The van der Waals surface area contributed by atoms with Crippen molar-refractivity contribution in [2.24, 2.45) is 22.9 Å². The molecule has 0 saturated carbocycles. The maximum atomic E-state index is 12.5. The van der Waals surface area contributed by atoms with E-state index < -0.39 is 11.8 Å². The molecular formula is C52H74N12O6. The third-order valence-corrected chi connectivity index (χ3v) is 11.3. The standard InChI is InChI=1S/C27H36N6O4.C25H38N6O2/c28-24(29)20-6-10-22(11-7-20)36-18-4-2-1-3-14-32-16-17-33(27(35)26(32)34)15-5-19-37-23-12-8-21(9-13-23)25(30)31;26-24(27)20-6-10-22(11-7-20)32-18-4-2-1-3-14-30-16-17-31-15-5-19-33-23-12-8-21(9-13-23)25(28)29/h6-13H,1-5,14-19H2,(H3,28,29)(H3,30,31);6-13,30-31H,1-5,14-19H2,(H3,26,27)(H3,28,29). The van der Waals surface area contributed by atoms with Gasteiger partial charge in [-0.05, 0) is 149 Å². The number of nitrogens with one attached hydrogen (secondary N) is 6. The fourth-order valence-corrected chi connectivity index (χ4v) is 7.17. The van der Waals surface area contributed by atoms with Gasteiger partial charge < -0.3 is 62.3 Å². The summed E-state index contributed by atoms with van der Waals surface area (Å²) < 4.78 is 22.8. The highest BCUT2D eigenvalue weighted by atomic mass is 16.5. The van der Waals surface area contributed by atoms with Crippen LogP contribution in [0.3, 0.4) is 0 Å². The molecule has 4 aromatic carbocycles. The zero-order chi connectivity index (χ0) is 50.4. The van der Waals surface area contributed by atoms with Crippen molar-refractivity contribution in [2.75, 3.05) is 78.8 Å². The summed E-state index contributed by atoms with van der Waals surface area (Å²) in [6.07, 6.45) is 9.81. The molecule has 0 radical (unpaired) electrons. The first-order valence-electron chi connectivity index (χ1n) is 24.2. The molecule has 0 aromatic heterocycles. The number of ether oxygens (including phenoxy) is 4. The number of amides is 2. The summed E-state index contributed by atoms with van der Waals surface area (Å²) >= 11 is 0. The maximum absolute atomic E-state index is 12.5. The molecule has 0 atom stereocenters. The first-order chi connectivity index (χ1) is 33.9. The van der Waals surface area contributed by atoms with E-state index in [1.54, 1.807) is 70.5 Å². The molecule has 0 spiro atoms. The number of nitrogen functional groups attached to an aromatic ring is 4. The number of hydrogen-bond acceptors (Lipinski definition) is 12. The molecule has 5 rings (SSSR count). The van der Waals surface area contributed by atoms with Crippen molar-refractivity contribution < 1.29 is 28.5 Å². The fraction of sp³-hybridized carbons (Fsp3) is 0.423. The largest absolute Gasteiger partial charge is 0.494 e. The molecule has 18 heteroatoms. The molecule has 14 N–H and O–H groups in total. The van der Waals surface area contributed by atoms with Gasteiger partial charge in [0.15, 0.2) is 0 Å². The number of carbonyl (C=O) groups is 2. The summed E-state index contributed by atoms with van der Waals surface area (Å²) in [4.78, 5) is 28.2. The van der Waals surface area contributed by atoms with Crippen LogP contribution in [0, 0.1) is 21.6 Å². The predicted molar refractivity (Wildman–Crippen MR) is 277 cm³/mol. The Morgan fingerprint density at radius 1 is 0.386 bits per heavy atom. The SMILES string of the molecule is N=C(N)c1ccc(OCCCCCCN2CCN(CCCOc3ccc(C(=N)N)cc3)C(=O)C2=O)cc1.N=C(N)c1ccc(OCCCCCCNCCNCCCOc2ccc(C(=N)N)cc2)cc1. The molecule has 4 aromatic rings. The third-order valence-electron chi connectivity index (χ3n) is 11.3. The molecule has 2 amide bonds. The van der Waals surface area contributed by atoms with Crippen LogP contribution < -0.4 is 52.5 Å². The highest BCUT2D eigenvalue weighted by molar-refractivity contribution is 6.35. The maximum Gasteiger partial charge on any atom is 0.312 e. The average molecular weight is 963 g/mol. The molecule has 1 heterocycles. The lowest BCUT2D eigenvalue weighted by Crippen LogP contribution is -2.54.